The van der Waals surface area contributed by atoms with Crippen molar-refractivity contribution in [3.05, 3.63) is 95.6 Å². The molecule has 0 fully saturated rings. The molecule has 3 rings (SSSR count). The second kappa shape index (κ2) is 8.65. The SMILES string of the molecule is N#Cc1ccccc1-c1ccc(CC(NC(=O)c2ccccc2)C(=O)O)cc1. The molecule has 0 aromatic heterocycles. The highest BCUT2D eigenvalue weighted by molar-refractivity contribution is 5.96. The van der Waals surface area contributed by atoms with Crippen LogP contribution in [-0.2, 0) is 11.2 Å². The van der Waals surface area contributed by atoms with Gasteiger partial charge < -0.3 is 10.4 Å². The first-order valence-electron chi connectivity index (χ1n) is 8.75. The van der Waals surface area contributed by atoms with Crippen molar-refractivity contribution in [3.63, 3.8) is 0 Å². The highest BCUT2D eigenvalue weighted by Crippen LogP contribution is 2.23. The molecule has 28 heavy (non-hydrogen) atoms. The molecule has 5 heteroatoms. The number of hydrogen-bond acceptors (Lipinski definition) is 3. The zero-order valence-electron chi connectivity index (χ0n) is 15.0. The Hall–Kier alpha value is -3.91. The van der Waals surface area contributed by atoms with Gasteiger partial charge in [0.25, 0.3) is 5.91 Å². The molecule has 1 unspecified atom stereocenters. The van der Waals surface area contributed by atoms with E-state index in [-0.39, 0.29) is 6.42 Å². The van der Waals surface area contributed by atoms with Crippen molar-refractivity contribution in [1.29, 1.82) is 5.26 Å². The first-order valence-corrected chi connectivity index (χ1v) is 8.75. The lowest BCUT2D eigenvalue weighted by Crippen LogP contribution is -2.42. The van der Waals surface area contributed by atoms with Gasteiger partial charge in [-0.15, -0.1) is 0 Å². The second-order valence-electron chi connectivity index (χ2n) is 6.29. The molecule has 2 N–H and O–H groups in total. The Morgan fingerprint density at radius 1 is 0.929 bits per heavy atom. The molecule has 0 aliphatic rings. The number of nitrogens with one attached hydrogen (secondary N) is 1. The molecule has 0 spiro atoms. The number of nitriles is 1. The predicted molar refractivity (Wildman–Crippen MR) is 106 cm³/mol. The summed E-state index contributed by atoms with van der Waals surface area (Å²) in [6, 6.07) is 24.3. The zero-order valence-corrected chi connectivity index (χ0v) is 15.0. The summed E-state index contributed by atoms with van der Waals surface area (Å²) in [6.07, 6.45) is 0.161. The molecule has 0 saturated carbocycles. The lowest BCUT2D eigenvalue weighted by atomic mass is 9.97. The molecular formula is C23H18N2O3. The van der Waals surface area contributed by atoms with Crippen molar-refractivity contribution in [2.75, 3.05) is 0 Å². The zero-order chi connectivity index (χ0) is 19.9. The van der Waals surface area contributed by atoms with E-state index in [4.69, 9.17) is 0 Å². The van der Waals surface area contributed by atoms with Crippen LogP contribution in [0.4, 0.5) is 0 Å². The predicted octanol–water partition coefficient (Wildman–Crippen LogP) is 3.65. The third-order valence-corrected chi connectivity index (χ3v) is 4.39. The summed E-state index contributed by atoms with van der Waals surface area (Å²) in [5.41, 5.74) is 3.47. The van der Waals surface area contributed by atoms with Gasteiger partial charge in [0.2, 0.25) is 0 Å². The number of carboxylic acids is 1. The van der Waals surface area contributed by atoms with Crippen LogP contribution in [0.2, 0.25) is 0 Å². The van der Waals surface area contributed by atoms with Crippen LogP contribution in [0.1, 0.15) is 21.5 Å². The number of rotatable bonds is 6. The van der Waals surface area contributed by atoms with E-state index in [1.807, 2.05) is 42.5 Å². The number of nitrogens with zero attached hydrogens (tertiary/aromatic N) is 1. The summed E-state index contributed by atoms with van der Waals surface area (Å²) in [5, 5.41) is 21.3. The fourth-order valence-corrected chi connectivity index (χ4v) is 2.92. The van der Waals surface area contributed by atoms with Gasteiger partial charge in [0.15, 0.2) is 0 Å². The standard InChI is InChI=1S/C23H18N2O3/c24-15-19-8-4-5-9-20(19)17-12-10-16(11-13-17)14-21(23(27)28)25-22(26)18-6-2-1-3-7-18/h1-13,21H,14H2,(H,25,26)(H,27,28). The largest absolute Gasteiger partial charge is 0.480 e. The van der Waals surface area contributed by atoms with Crippen molar-refractivity contribution in [2.24, 2.45) is 0 Å². The van der Waals surface area contributed by atoms with E-state index in [9.17, 15) is 20.0 Å². The average Bonchev–Trinajstić information content (AvgIpc) is 2.74. The Labute approximate surface area is 162 Å². The number of benzene rings is 3. The molecule has 1 amide bonds. The van der Waals surface area contributed by atoms with E-state index in [1.54, 1.807) is 36.4 Å². The molecule has 138 valence electrons. The molecule has 0 bridgehead atoms. The smallest absolute Gasteiger partial charge is 0.326 e. The number of hydrogen-bond donors (Lipinski definition) is 2. The molecule has 5 nitrogen and oxygen atoms in total. The van der Waals surface area contributed by atoms with Crippen LogP contribution in [0.5, 0.6) is 0 Å². The van der Waals surface area contributed by atoms with Gasteiger partial charge in [0.1, 0.15) is 6.04 Å². The van der Waals surface area contributed by atoms with Gasteiger partial charge in [-0.1, -0.05) is 60.7 Å². The second-order valence-corrected chi connectivity index (χ2v) is 6.29. The maximum atomic E-state index is 12.3. The summed E-state index contributed by atoms with van der Waals surface area (Å²) >= 11 is 0. The summed E-state index contributed by atoms with van der Waals surface area (Å²) in [7, 11) is 0. The van der Waals surface area contributed by atoms with Gasteiger partial charge >= 0.3 is 5.97 Å². The number of carbonyl (C=O) groups excluding carboxylic acids is 1. The molecule has 0 heterocycles. The summed E-state index contributed by atoms with van der Waals surface area (Å²) < 4.78 is 0. The number of carbonyl (C=O) groups is 2. The monoisotopic (exact) mass is 370 g/mol. The van der Waals surface area contributed by atoms with E-state index in [0.717, 1.165) is 16.7 Å². The maximum Gasteiger partial charge on any atom is 0.326 e. The van der Waals surface area contributed by atoms with Gasteiger partial charge in [-0.2, -0.15) is 5.26 Å². The van der Waals surface area contributed by atoms with E-state index in [0.29, 0.717) is 11.1 Å². The Morgan fingerprint density at radius 2 is 1.57 bits per heavy atom. The molecule has 0 aliphatic heterocycles. The highest BCUT2D eigenvalue weighted by atomic mass is 16.4. The van der Waals surface area contributed by atoms with E-state index in [1.165, 1.54) is 0 Å². The Morgan fingerprint density at radius 3 is 2.21 bits per heavy atom. The third-order valence-electron chi connectivity index (χ3n) is 4.39. The number of aliphatic carboxylic acids is 1. The van der Waals surface area contributed by atoms with Gasteiger partial charge in [-0.05, 0) is 34.9 Å². The lowest BCUT2D eigenvalue weighted by Gasteiger charge is -2.15. The van der Waals surface area contributed by atoms with Gasteiger partial charge in [0.05, 0.1) is 11.6 Å². The normalized spacial score (nSPS) is 11.2. The van der Waals surface area contributed by atoms with Crippen LogP contribution in [0.25, 0.3) is 11.1 Å². The molecule has 3 aromatic carbocycles. The Kier molecular flexibility index (Phi) is 5.83. The Bertz CT molecular complexity index is 1020. The summed E-state index contributed by atoms with van der Waals surface area (Å²) in [4.78, 5) is 23.8. The number of amides is 1. The summed E-state index contributed by atoms with van der Waals surface area (Å²) in [5.74, 6) is -1.52. The fourth-order valence-electron chi connectivity index (χ4n) is 2.92. The van der Waals surface area contributed by atoms with Crippen LogP contribution in [0.15, 0.2) is 78.9 Å². The van der Waals surface area contributed by atoms with E-state index < -0.39 is 17.9 Å². The van der Waals surface area contributed by atoms with Crippen molar-refractivity contribution >= 4 is 11.9 Å². The molecular weight excluding hydrogens is 352 g/mol. The lowest BCUT2D eigenvalue weighted by molar-refractivity contribution is -0.139. The van der Waals surface area contributed by atoms with Gasteiger partial charge in [0, 0.05) is 12.0 Å². The molecule has 0 aliphatic carbocycles. The quantitative estimate of drug-likeness (QED) is 0.693. The van der Waals surface area contributed by atoms with Gasteiger partial charge in [-0.25, -0.2) is 4.79 Å². The molecule has 0 saturated heterocycles. The highest BCUT2D eigenvalue weighted by Gasteiger charge is 2.21. The maximum absolute atomic E-state index is 12.3. The molecule has 3 aromatic rings. The van der Waals surface area contributed by atoms with Crippen molar-refractivity contribution < 1.29 is 14.7 Å². The molecule has 1 atom stereocenters. The van der Waals surface area contributed by atoms with Crippen LogP contribution < -0.4 is 5.32 Å². The minimum Gasteiger partial charge on any atom is -0.480 e. The average molecular weight is 370 g/mol. The Balaban J connectivity index is 1.75. The minimum absolute atomic E-state index is 0.161. The van der Waals surface area contributed by atoms with Crippen LogP contribution in [0.3, 0.4) is 0 Å². The first kappa shape index (κ1) is 18.9. The van der Waals surface area contributed by atoms with E-state index >= 15 is 0 Å². The van der Waals surface area contributed by atoms with E-state index in [2.05, 4.69) is 11.4 Å². The third kappa shape index (κ3) is 4.43. The van der Waals surface area contributed by atoms with Crippen LogP contribution in [-0.4, -0.2) is 23.0 Å². The number of carboxylic acid groups (broad SMARTS) is 1. The van der Waals surface area contributed by atoms with Crippen molar-refractivity contribution in [2.45, 2.75) is 12.5 Å². The van der Waals surface area contributed by atoms with Gasteiger partial charge in [-0.3, -0.25) is 4.79 Å². The van der Waals surface area contributed by atoms with Crippen molar-refractivity contribution in [1.82, 2.24) is 5.32 Å². The van der Waals surface area contributed by atoms with Crippen molar-refractivity contribution in [3.8, 4) is 17.2 Å². The topological polar surface area (TPSA) is 90.2 Å². The minimum atomic E-state index is -1.09. The fraction of sp³-hybridized carbons (Fsp3) is 0.0870. The van der Waals surface area contributed by atoms with Crippen LogP contribution >= 0.6 is 0 Å². The first-order chi connectivity index (χ1) is 13.6. The summed E-state index contributed by atoms with van der Waals surface area (Å²) in [6.45, 7) is 0. The molecule has 0 radical (unpaired) electrons. The van der Waals surface area contributed by atoms with Crippen LogP contribution in [0, 0.1) is 11.3 Å².